The molecule has 1 aromatic carbocycles. The van der Waals surface area contributed by atoms with Gasteiger partial charge in [0.05, 0.1) is 12.0 Å². The predicted molar refractivity (Wildman–Crippen MR) is 73.5 cm³/mol. The molecule has 0 fully saturated rings. The van der Waals surface area contributed by atoms with Gasteiger partial charge in [-0.05, 0) is 25.8 Å². The van der Waals surface area contributed by atoms with Crippen LogP contribution < -0.4 is 0 Å². The molecule has 0 aromatic heterocycles. The smallest absolute Gasteiger partial charge is 0.450 e. The molecule has 2 atom stereocenters. The van der Waals surface area contributed by atoms with Crippen molar-refractivity contribution in [1.82, 2.24) is 0 Å². The van der Waals surface area contributed by atoms with Gasteiger partial charge in [-0.15, -0.1) is 0 Å². The number of carbonyl (C=O) groups is 1. The quantitative estimate of drug-likeness (QED) is 0.606. The van der Waals surface area contributed by atoms with Crippen LogP contribution in [0, 0.1) is 0 Å². The molecule has 0 bridgehead atoms. The highest BCUT2D eigenvalue weighted by molar-refractivity contribution is 5.57. The van der Waals surface area contributed by atoms with Crippen LogP contribution in [0.3, 0.4) is 0 Å². The molecule has 0 amide bonds. The van der Waals surface area contributed by atoms with Crippen LogP contribution in [0.4, 0.5) is 4.79 Å². The number of hydrogen-bond acceptors (Lipinski definition) is 3. The Morgan fingerprint density at radius 3 is 2.53 bits per heavy atom. The van der Waals surface area contributed by atoms with E-state index in [1.807, 2.05) is 44.2 Å². The van der Waals surface area contributed by atoms with Crippen molar-refractivity contribution < 1.29 is 19.4 Å². The maximum Gasteiger partial charge on any atom is 0.506 e. The number of carboxylic acid groups (broad SMARTS) is 1. The lowest BCUT2D eigenvalue weighted by atomic mass is 9.78. The Morgan fingerprint density at radius 1 is 1.37 bits per heavy atom. The second-order valence-corrected chi connectivity index (χ2v) is 4.86. The van der Waals surface area contributed by atoms with E-state index in [1.165, 1.54) is 0 Å². The Hall–Kier alpha value is -1.55. The molecule has 2 unspecified atom stereocenters. The minimum absolute atomic E-state index is 0.430. The van der Waals surface area contributed by atoms with Crippen molar-refractivity contribution in [3.63, 3.8) is 0 Å². The van der Waals surface area contributed by atoms with Gasteiger partial charge in [-0.2, -0.15) is 0 Å². The summed E-state index contributed by atoms with van der Waals surface area (Å²) in [5.74, 6) is 0. The molecule has 0 heterocycles. The molecule has 0 aliphatic heterocycles. The molecule has 0 aliphatic rings. The summed E-state index contributed by atoms with van der Waals surface area (Å²) in [6.07, 6.45) is -0.812. The summed E-state index contributed by atoms with van der Waals surface area (Å²) in [4.78, 5) is 10.8. The minimum atomic E-state index is -1.26. The Balaban J connectivity index is 2.92. The average molecular weight is 266 g/mol. The topological polar surface area (TPSA) is 55.8 Å². The number of ether oxygens (including phenoxy) is 2. The zero-order valence-electron chi connectivity index (χ0n) is 11.8. The summed E-state index contributed by atoms with van der Waals surface area (Å²) < 4.78 is 10.6. The monoisotopic (exact) mass is 266 g/mol. The Kier molecular flexibility index (Phi) is 5.83. The summed E-state index contributed by atoms with van der Waals surface area (Å²) in [6.45, 7) is 6.85. The van der Waals surface area contributed by atoms with E-state index >= 15 is 0 Å². The third-order valence-electron chi connectivity index (χ3n) is 3.36. The van der Waals surface area contributed by atoms with Gasteiger partial charge in [0.2, 0.25) is 0 Å². The van der Waals surface area contributed by atoms with Gasteiger partial charge < -0.3 is 14.6 Å². The van der Waals surface area contributed by atoms with Gasteiger partial charge in [0, 0.05) is 6.61 Å². The van der Waals surface area contributed by atoms with Crippen molar-refractivity contribution in [2.45, 2.75) is 38.7 Å². The van der Waals surface area contributed by atoms with Gasteiger partial charge in [-0.3, -0.25) is 0 Å². The molecule has 19 heavy (non-hydrogen) atoms. The highest BCUT2D eigenvalue weighted by Crippen LogP contribution is 2.30. The Labute approximate surface area is 114 Å². The van der Waals surface area contributed by atoms with Crippen molar-refractivity contribution in [2.75, 3.05) is 13.2 Å². The van der Waals surface area contributed by atoms with Gasteiger partial charge in [0.15, 0.2) is 0 Å². The van der Waals surface area contributed by atoms with E-state index < -0.39 is 17.7 Å². The van der Waals surface area contributed by atoms with E-state index in [0.717, 1.165) is 12.0 Å². The Morgan fingerprint density at radius 2 is 2.00 bits per heavy atom. The fourth-order valence-electron chi connectivity index (χ4n) is 1.96. The number of hydrogen-bond donors (Lipinski definition) is 1. The molecule has 0 radical (unpaired) electrons. The SMILES string of the molecule is CCCOCC(C)(c1ccccc1)C(C)OC(=O)O. The van der Waals surface area contributed by atoms with Crippen LogP contribution in [-0.4, -0.2) is 30.6 Å². The zero-order chi connectivity index (χ0) is 14.3. The van der Waals surface area contributed by atoms with Crippen LogP contribution in [0.15, 0.2) is 30.3 Å². The first-order valence-corrected chi connectivity index (χ1v) is 6.53. The number of benzene rings is 1. The van der Waals surface area contributed by atoms with Crippen molar-refractivity contribution in [3.8, 4) is 0 Å². The molecule has 0 spiro atoms. The van der Waals surface area contributed by atoms with Crippen LogP contribution in [0.5, 0.6) is 0 Å². The maximum absolute atomic E-state index is 10.8. The largest absolute Gasteiger partial charge is 0.506 e. The van der Waals surface area contributed by atoms with E-state index in [1.54, 1.807) is 6.92 Å². The molecule has 0 saturated heterocycles. The molecule has 1 aromatic rings. The van der Waals surface area contributed by atoms with Crippen molar-refractivity contribution in [3.05, 3.63) is 35.9 Å². The lowest BCUT2D eigenvalue weighted by molar-refractivity contribution is -0.0107. The maximum atomic E-state index is 10.8. The summed E-state index contributed by atoms with van der Waals surface area (Å²) in [6, 6.07) is 9.73. The van der Waals surface area contributed by atoms with Gasteiger partial charge in [-0.1, -0.05) is 37.3 Å². The van der Waals surface area contributed by atoms with E-state index in [-0.39, 0.29) is 0 Å². The molecule has 1 rings (SSSR count). The highest BCUT2D eigenvalue weighted by Gasteiger charge is 2.36. The van der Waals surface area contributed by atoms with E-state index in [2.05, 4.69) is 0 Å². The first-order valence-electron chi connectivity index (χ1n) is 6.53. The number of rotatable bonds is 7. The van der Waals surface area contributed by atoms with Gasteiger partial charge >= 0.3 is 6.16 Å². The fourth-order valence-corrected chi connectivity index (χ4v) is 1.96. The van der Waals surface area contributed by atoms with Crippen molar-refractivity contribution in [2.24, 2.45) is 0 Å². The highest BCUT2D eigenvalue weighted by atomic mass is 16.7. The van der Waals surface area contributed by atoms with Gasteiger partial charge in [-0.25, -0.2) is 4.79 Å². The summed E-state index contributed by atoms with van der Waals surface area (Å²) in [5.41, 5.74) is 0.523. The van der Waals surface area contributed by atoms with Crippen LogP contribution in [0.25, 0.3) is 0 Å². The Bertz CT molecular complexity index is 390. The van der Waals surface area contributed by atoms with E-state index in [0.29, 0.717) is 13.2 Å². The molecule has 1 N–H and O–H groups in total. The lowest BCUT2D eigenvalue weighted by Crippen LogP contribution is -2.42. The lowest BCUT2D eigenvalue weighted by Gasteiger charge is -2.34. The van der Waals surface area contributed by atoms with Crippen molar-refractivity contribution in [1.29, 1.82) is 0 Å². The van der Waals surface area contributed by atoms with Crippen LogP contribution in [-0.2, 0) is 14.9 Å². The zero-order valence-corrected chi connectivity index (χ0v) is 11.8. The average Bonchev–Trinajstić information content (AvgIpc) is 2.39. The van der Waals surface area contributed by atoms with Crippen molar-refractivity contribution >= 4 is 6.16 Å². The normalized spacial score (nSPS) is 15.5. The molecule has 0 aliphatic carbocycles. The van der Waals surface area contributed by atoms with Crippen LogP contribution in [0.2, 0.25) is 0 Å². The summed E-state index contributed by atoms with van der Waals surface area (Å²) in [7, 11) is 0. The van der Waals surface area contributed by atoms with Gasteiger partial charge in [0.1, 0.15) is 6.10 Å². The second kappa shape index (κ2) is 7.14. The summed E-state index contributed by atoms with van der Waals surface area (Å²) >= 11 is 0. The molecule has 4 nitrogen and oxygen atoms in total. The standard InChI is InChI=1S/C15H22O4/c1-4-10-18-11-15(3,12(2)19-14(16)17)13-8-6-5-7-9-13/h5-9,12H,4,10-11H2,1-3H3,(H,16,17). The molecule has 0 saturated carbocycles. The third kappa shape index (κ3) is 4.24. The molecule has 4 heteroatoms. The minimum Gasteiger partial charge on any atom is -0.450 e. The molecule has 106 valence electrons. The van der Waals surface area contributed by atoms with Gasteiger partial charge in [0.25, 0.3) is 0 Å². The third-order valence-corrected chi connectivity index (χ3v) is 3.36. The first kappa shape index (κ1) is 15.5. The second-order valence-electron chi connectivity index (χ2n) is 4.86. The van der Waals surface area contributed by atoms with Crippen LogP contribution in [0.1, 0.15) is 32.8 Å². The fraction of sp³-hybridized carbons (Fsp3) is 0.533. The van der Waals surface area contributed by atoms with E-state index in [4.69, 9.17) is 14.6 Å². The molecular formula is C15H22O4. The molecular weight excluding hydrogens is 244 g/mol. The van der Waals surface area contributed by atoms with E-state index in [9.17, 15) is 4.79 Å². The van der Waals surface area contributed by atoms with Crippen LogP contribution >= 0.6 is 0 Å². The first-order chi connectivity index (χ1) is 9.00. The predicted octanol–water partition coefficient (Wildman–Crippen LogP) is 3.45. The summed E-state index contributed by atoms with van der Waals surface area (Å²) in [5, 5.41) is 8.80.